The van der Waals surface area contributed by atoms with Crippen LogP contribution < -0.4 is 10.6 Å². The molecular weight excluding hydrogens is 278 g/mol. The van der Waals surface area contributed by atoms with Gasteiger partial charge in [-0.1, -0.05) is 6.07 Å². The quantitative estimate of drug-likeness (QED) is 0.863. The van der Waals surface area contributed by atoms with Crippen molar-refractivity contribution >= 4 is 15.9 Å². The third-order valence-electron chi connectivity index (χ3n) is 3.41. The zero-order valence-electron chi connectivity index (χ0n) is 11.4. The van der Waals surface area contributed by atoms with E-state index in [4.69, 9.17) is 0 Å². The van der Waals surface area contributed by atoms with Crippen LogP contribution in [0, 0.1) is 5.92 Å². The number of nitrogens with one attached hydrogen (secondary N) is 2. The van der Waals surface area contributed by atoms with Gasteiger partial charge in [0.2, 0.25) is 0 Å². The summed E-state index contributed by atoms with van der Waals surface area (Å²) in [5, 5.41) is 5.53. The third kappa shape index (κ3) is 4.19. The van der Waals surface area contributed by atoms with Crippen molar-refractivity contribution in [2.45, 2.75) is 19.4 Å². The number of urea groups is 1. The van der Waals surface area contributed by atoms with Crippen LogP contribution in [0.1, 0.15) is 24.9 Å². The summed E-state index contributed by atoms with van der Waals surface area (Å²) in [6.07, 6.45) is 4.01. The summed E-state index contributed by atoms with van der Waals surface area (Å²) >= 11 is 0. The van der Waals surface area contributed by atoms with Crippen molar-refractivity contribution in [1.82, 2.24) is 15.6 Å². The lowest BCUT2D eigenvalue weighted by Crippen LogP contribution is -2.39. The number of hydrogen-bond donors (Lipinski definition) is 2. The van der Waals surface area contributed by atoms with Crippen LogP contribution in [0.15, 0.2) is 24.5 Å². The monoisotopic (exact) mass is 297 g/mol. The van der Waals surface area contributed by atoms with Gasteiger partial charge in [0.25, 0.3) is 0 Å². The average molecular weight is 297 g/mol. The maximum atomic E-state index is 11.8. The van der Waals surface area contributed by atoms with E-state index < -0.39 is 9.84 Å². The van der Waals surface area contributed by atoms with Gasteiger partial charge in [0.1, 0.15) is 0 Å². The molecule has 0 aromatic carbocycles. The Morgan fingerprint density at radius 1 is 1.55 bits per heavy atom. The fourth-order valence-electron chi connectivity index (χ4n) is 2.23. The average Bonchev–Trinajstić information content (AvgIpc) is 2.77. The molecule has 1 saturated heterocycles. The number of nitrogens with zero attached hydrogens (tertiary/aromatic N) is 1. The first-order valence-corrected chi connectivity index (χ1v) is 8.43. The van der Waals surface area contributed by atoms with Crippen molar-refractivity contribution in [3.63, 3.8) is 0 Å². The SMILES string of the molecule is C[C@@H](NC(=O)NC[C@H]1CCS(=O)(=O)C1)c1cccnc1. The van der Waals surface area contributed by atoms with E-state index >= 15 is 0 Å². The van der Waals surface area contributed by atoms with Gasteiger partial charge in [-0.05, 0) is 30.9 Å². The van der Waals surface area contributed by atoms with Crippen molar-refractivity contribution in [3.8, 4) is 0 Å². The Labute approximate surface area is 118 Å². The van der Waals surface area contributed by atoms with Gasteiger partial charge in [0.05, 0.1) is 17.5 Å². The number of sulfone groups is 1. The van der Waals surface area contributed by atoms with Crippen LogP contribution in [0.3, 0.4) is 0 Å². The lowest BCUT2D eigenvalue weighted by atomic mass is 10.1. The Morgan fingerprint density at radius 3 is 2.95 bits per heavy atom. The number of hydrogen-bond acceptors (Lipinski definition) is 4. The van der Waals surface area contributed by atoms with Gasteiger partial charge < -0.3 is 10.6 Å². The first-order chi connectivity index (χ1) is 9.46. The molecule has 2 amide bonds. The van der Waals surface area contributed by atoms with E-state index in [1.165, 1.54) is 0 Å². The Hall–Kier alpha value is -1.63. The Balaban J connectivity index is 1.76. The fourth-order valence-corrected chi connectivity index (χ4v) is 4.10. The molecule has 1 aromatic rings. The lowest BCUT2D eigenvalue weighted by Gasteiger charge is -2.16. The van der Waals surface area contributed by atoms with Crippen LogP contribution in [0.25, 0.3) is 0 Å². The molecule has 1 aromatic heterocycles. The molecule has 110 valence electrons. The van der Waals surface area contributed by atoms with Crippen LogP contribution in [-0.4, -0.2) is 37.5 Å². The van der Waals surface area contributed by atoms with E-state index in [1.807, 2.05) is 19.1 Å². The molecule has 0 bridgehead atoms. The Morgan fingerprint density at radius 2 is 2.35 bits per heavy atom. The molecule has 0 saturated carbocycles. The minimum absolute atomic E-state index is 0.0273. The molecule has 6 nitrogen and oxygen atoms in total. The van der Waals surface area contributed by atoms with Gasteiger partial charge in [-0.25, -0.2) is 13.2 Å². The summed E-state index contributed by atoms with van der Waals surface area (Å²) in [5.41, 5.74) is 0.922. The molecule has 7 heteroatoms. The number of carbonyl (C=O) groups is 1. The second kappa shape index (κ2) is 6.21. The predicted octanol–water partition coefficient (Wildman–Crippen LogP) is 0.876. The summed E-state index contributed by atoms with van der Waals surface area (Å²) < 4.78 is 22.6. The molecule has 2 heterocycles. The molecule has 20 heavy (non-hydrogen) atoms. The first kappa shape index (κ1) is 14.8. The lowest BCUT2D eigenvalue weighted by molar-refractivity contribution is 0.236. The molecule has 2 atom stereocenters. The Bertz CT molecular complexity index is 559. The van der Waals surface area contributed by atoms with E-state index in [9.17, 15) is 13.2 Å². The van der Waals surface area contributed by atoms with Gasteiger partial charge in [0, 0.05) is 18.9 Å². The zero-order valence-corrected chi connectivity index (χ0v) is 12.2. The van der Waals surface area contributed by atoms with Crippen LogP contribution in [0.4, 0.5) is 4.79 Å². The van der Waals surface area contributed by atoms with Crippen LogP contribution in [-0.2, 0) is 9.84 Å². The highest BCUT2D eigenvalue weighted by Gasteiger charge is 2.27. The molecule has 0 unspecified atom stereocenters. The Kier molecular flexibility index (Phi) is 4.59. The molecule has 0 aliphatic carbocycles. The van der Waals surface area contributed by atoms with E-state index in [-0.39, 0.29) is 29.5 Å². The molecule has 0 spiro atoms. The van der Waals surface area contributed by atoms with Crippen molar-refractivity contribution < 1.29 is 13.2 Å². The van der Waals surface area contributed by atoms with E-state index in [1.54, 1.807) is 12.4 Å². The van der Waals surface area contributed by atoms with Crippen molar-refractivity contribution in [2.75, 3.05) is 18.1 Å². The molecule has 2 rings (SSSR count). The summed E-state index contributed by atoms with van der Waals surface area (Å²) in [4.78, 5) is 15.8. The normalized spacial score (nSPS) is 22.1. The summed E-state index contributed by atoms with van der Waals surface area (Å²) in [5.74, 6) is 0.429. The number of amides is 2. The highest BCUT2D eigenvalue weighted by molar-refractivity contribution is 7.91. The molecule has 1 aliphatic rings. The fraction of sp³-hybridized carbons (Fsp3) is 0.538. The third-order valence-corrected chi connectivity index (χ3v) is 5.25. The molecule has 0 radical (unpaired) electrons. The van der Waals surface area contributed by atoms with Gasteiger partial charge in [0.15, 0.2) is 9.84 Å². The van der Waals surface area contributed by atoms with Crippen molar-refractivity contribution in [2.24, 2.45) is 5.92 Å². The predicted molar refractivity (Wildman–Crippen MR) is 75.9 cm³/mol. The number of rotatable bonds is 4. The van der Waals surface area contributed by atoms with Crippen molar-refractivity contribution in [3.05, 3.63) is 30.1 Å². The second-order valence-corrected chi connectivity index (χ2v) is 7.36. The largest absolute Gasteiger partial charge is 0.338 e. The van der Waals surface area contributed by atoms with E-state index in [2.05, 4.69) is 15.6 Å². The standard InChI is InChI=1S/C13H19N3O3S/c1-10(12-3-2-5-14-8-12)16-13(17)15-7-11-4-6-20(18,19)9-11/h2-3,5,8,10-11H,4,6-7,9H2,1H3,(H2,15,16,17)/t10-,11-/m1/s1. The zero-order chi connectivity index (χ0) is 14.6. The second-order valence-electron chi connectivity index (χ2n) is 5.13. The van der Waals surface area contributed by atoms with Crippen LogP contribution in [0.5, 0.6) is 0 Å². The smallest absolute Gasteiger partial charge is 0.315 e. The van der Waals surface area contributed by atoms with Crippen LogP contribution in [0.2, 0.25) is 0 Å². The number of pyridine rings is 1. The minimum atomic E-state index is -2.89. The molecule has 1 fully saturated rings. The summed E-state index contributed by atoms with van der Waals surface area (Å²) in [6, 6.07) is 3.28. The first-order valence-electron chi connectivity index (χ1n) is 6.61. The van der Waals surface area contributed by atoms with E-state index in [0.29, 0.717) is 13.0 Å². The summed E-state index contributed by atoms with van der Waals surface area (Å²) in [7, 11) is -2.89. The van der Waals surface area contributed by atoms with Gasteiger partial charge >= 0.3 is 6.03 Å². The molecular formula is C13H19N3O3S. The maximum Gasteiger partial charge on any atom is 0.315 e. The van der Waals surface area contributed by atoms with Crippen LogP contribution >= 0.6 is 0 Å². The highest BCUT2D eigenvalue weighted by atomic mass is 32.2. The van der Waals surface area contributed by atoms with Gasteiger partial charge in [-0.15, -0.1) is 0 Å². The highest BCUT2D eigenvalue weighted by Crippen LogP contribution is 2.17. The maximum absolute atomic E-state index is 11.8. The molecule has 2 N–H and O–H groups in total. The molecule has 1 aliphatic heterocycles. The van der Waals surface area contributed by atoms with E-state index in [0.717, 1.165) is 5.56 Å². The summed E-state index contributed by atoms with van der Waals surface area (Å²) in [6.45, 7) is 2.27. The van der Waals surface area contributed by atoms with Crippen molar-refractivity contribution in [1.29, 1.82) is 0 Å². The topological polar surface area (TPSA) is 88.2 Å². The van der Waals surface area contributed by atoms with Gasteiger partial charge in [-0.3, -0.25) is 4.98 Å². The minimum Gasteiger partial charge on any atom is -0.338 e. The van der Waals surface area contributed by atoms with Gasteiger partial charge in [-0.2, -0.15) is 0 Å². The number of carbonyl (C=O) groups excluding carboxylic acids is 1. The number of aromatic nitrogens is 1.